The number of rotatable bonds is 3. The number of methoxy groups -OCH3 is 1. The Kier molecular flexibility index (Phi) is 4.33. The minimum atomic E-state index is -0.449. The maximum absolute atomic E-state index is 12.7. The molecule has 27 heavy (non-hydrogen) atoms. The van der Waals surface area contributed by atoms with Gasteiger partial charge in [-0.2, -0.15) is 4.40 Å². The zero-order valence-electron chi connectivity index (χ0n) is 14.2. The molecule has 134 valence electrons. The monoisotopic (exact) mass is 425 g/mol. The number of aromatic amines is 1. The van der Waals surface area contributed by atoms with Crippen LogP contribution in [0.1, 0.15) is 10.4 Å². The molecule has 0 atom stereocenters. The first kappa shape index (κ1) is 17.2. The van der Waals surface area contributed by atoms with E-state index in [0.29, 0.717) is 38.2 Å². The summed E-state index contributed by atoms with van der Waals surface area (Å²) >= 11 is 3.45. The van der Waals surface area contributed by atoms with Crippen LogP contribution in [0.15, 0.2) is 64.0 Å². The average molecular weight is 426 g/mol. The number of nitrogens with one attached hydrogen (secondary N) is 2. The van der Waals surface area contributed by atoms with Crippen LogP contribution in [0.5, 0.6) is 0 Å². The number of carbonyl (C=O) groups is 1. The van der Waals surface area contributed by atoms with E-state index in [1.807, 2.05) is 6.07 Å². The molecule has 4 aromatic rings. The lowest BCUT2D eigenvalue weighted by atomic mass is 10.2. The molecule has 0 fully saturated rings. The fourth-order valence-electron chi connectivity index (χ4n) is 2.81. The molecule has 0 spiro atoms. The summed E-state index contributed by atoms with van der Waals surface area (Å²) in [7, 11) is 1.33. The van der Waals surface area contributed by atoms with Gasteiger partial charge in [0.1, 0.15) is 9.99 Å². The van der Waals surface area contributed by atoms with Gasteiger partial charge in [-0.1, -0.05) is 24.3 Å². The molecule has 0 saturated heterocycles. The van der Waals surface area contributed by atoms with Crippen LogP contribution in [0.25, 0.3) is 16.7 Å². The third kappa shape index (κ3) is 3.04. The molecule has 4 rings (SSSR count). The van der Waals surface area contributed by atoms with Gasteiger partial charge < -0.3 is 4.74 Å². The van der Waals surface area contributed by atoms with Gasteiger partial charge in [0.05, 0.1) is 29.9 Å². The minimum absolute atomic E-state index is 0.172. The van der Waals surface area contributed by atoms with Gasteiger partial charge in [0.2, 0.25) is 5.82 Å². The largest absolute Gasteiger partial charge is 0.465 e. The summed E-state index contributed by atoms with van der Waals surface area (Å²) in [6.07, 6.45) is 1.64. The molecule has 8 heteroatoms. The first-order valence-electron chi connectivity index (χ1n) is 8.06. The summed E-state index contributed by atoms with van der Waals surface area (Å²) in [6, 6.07) is 14.1. The second kappa shape index (κ2) is 6.81. The van der Waals surface area contributed by atoms with E-state index < -0.39 is 5.97 Å². The van der Waals surface area contributed by atoms with Crippen LogP contribution in [0.4, 0.5) is 11.5 Å². The highest BCUT2D eigenvalue weighted by Crippen LogP contribution is 2.24. The lowest BCUT2D eigenvalue weighted by Gasteiger charge is -2.09. The quantitative estimate of drug-likeness (QED) is 0.402. The van der Waals surface area contributed by atoms with Crippen molar-refractivity contribution < 1.29 is 14.5 Å². The molecule has 7 nitrogen and oxygen atoms in total. The Labute approximate surface area is 161 Å². The highest BCUT2D eigenvalue weighted by atomic mass is 79.9. The molecule has 2 N–H and O–H groups in total. The van der Waals surface area contributed by atoms with Crippen LogP contribution < -0.4 is 15.9 Å². The first-order valence-corrected chi connectivity index (χ1v) is 8.85. The summed E-state index contributed by atoms with van der Waals surface area (Å²) in [5.74, 6) is 0.476. The van der Waals surface area contributed by atoms with Crippen molar-refractivity contribution in [3.05, 3.63) is 75.1 Å². The van der Waals surface area contributed by atoms with E-state index in [0.717, 1.165) is 0 Å². The maximum Gasteiger partial charge on any atom is 0.359 e. The lowest BCUT2D eigenvalue weighted by Crippen LogP contribution is -2.25. The van der Waals surface area contributed by atoms with Crippen molar-refractivity contribution in [1.82, 2.24) is 9.38 Å². The molecule has 0 amide bonds. The predicted octanol–water partition coefficient (Wildman–Crippen LogP) is 2.95. The fourth-order valence-corrected chi connectivity index (χ4v) is 3.21. The number of ether oxygens (including phenoxy) is 1. The van der Waals surface area contributed by atoms with Gasteiger partial charge in [0.15, 0.2) is 0 Å². The van der Waals surface area contributed by atoms with Gasteiger partial charge in [-0.05, 0) is 40.2 Å². The van der Waals surface area contributed by atoms with E-state index in [1.165, 1.54) is 11.5 Å². The van der Waals surface area contributed by atoms with Crippen molar-refractivity contribution in [2.24, 2.45) is 0 Å². The minimum Gasteiger partial charge on any atom is -0.465 e. The smallest absolute Gasteiger partial charge is 0.359 e. The molecule has 0 bridgehead atoms. The Morgan fingerprint density at radius 3 is 2.74 bits per heavy atom. The summed E-state index contributed by atoms with van der Waals surface area (Å²) in [5.41, 5.74) is 1.38. The first-order chi connectivity index (χ1) is 13.1. The van der Waals surface area contributed by atoms with Crippen LogP contribution in [0.3, 0.4) is 0 Å². The number of benzene rings is 2. The Morgan fingerprint density at radius 1 is 1.19 bits per heavy atom. The predicted molar refractivity (Wildman–Crippen MR) is 104 cm³/mol. The number of aromatic nitrogens is 3. The number of hydrogen-bond donors (Lipinski definition) is 1. The van der Waals surface area contributed by atoms with Crippen molar-refractivity contribution in [3.8, 4) is 0 Å². The van der Waals surface area contributed by atoms with E-state index >= 15 is 0 Å². The van der Waals surface area contributed by atoms with Gasteiger partial charge in [0, 0.05) is 0 Å². The highest BCUT2D eigenvalue weighted by Gasteiger charge is 2.18. The molecule has 2 aromatic carbocycles. The topological polar surface area (TPSA) is 86.8 Å². The SMILES string of the molecule is COC(=O)c1ccccc1Nc1[nH+]c2nc3ccccc3c(=O)n2cc1Br. The van der Waals surface area contributed by atoms with E-state index in [-0.39, 0.29) is 5.56 Å². The molecule has 2 heterocycles. The van der Waals surface area contributed by atoms with Crippen LogP contribution in [0.2, 0.25) is 0 Å². The molecule has 0 radical (unpaired) electrons. The molecule has 0 unspecified atom stereocenters. The standard InChI is InChI=1S/C19H13BrN4O3/c1-27-18(26)12-7-3-5-9-15(12)21-16-13(20)10-24-17(25)11-6-2-4-8-14(11)22-19(24)23-16/h2-10H,1H3,(H,21,22,23)/p+1. The Balaban J connectivity index is 1.87. The zero-order valence-corrected chi connectivity index (χ0v) is 15.8. The third-order valence-electron chi connectivity index (χ3n) is 4.12. The summed E-state index contributed by atoms with van der Waals surface area (Å²) in [6.45, 7) is 0. The highest BCUT2D eigenvalue weighted by molar-refractivity contribution is 9.10. The second-order valence-corrected chi connectivity index (χ2v) is 6.62. The molecule has 0 aliphatic rings. The number of fused-ring (bicyclic) bond motifs is 2. The molecule has 0 aliphatic carbocycles. The summed E-state index contributed by atoms with van der Waals surface area (Å²) in [5, 5.41) is 3.69. The average Bonchev–Trinajstić information content (AvgIpc) is 2.69. The van der Waals surface area contributed by atoms with Gasteiger partial charge in [-0.15, -0.1) is 4.98 Å². The van der Waals surface area contributed by atoms with E-state index in [1.54, 1.807) is 48.7 Å². The van der Waals surface area contributed by atoms with Gasteiger partial charge in [0.25, 0.3) is 0 Å². The number of halogens is 1. The molecule has 0 saturated carbocycles. The van der Waals surface area contributed by atoms with Crippen molar-refractivity contribution >= 4 is 50.1 Å². The Bertz CT molecular complexity index is 1250. The Morgan fingerprint density at radius 2 is 1.93 bits per heavy atom. The molecular formula is C19H14BrN4O3+. The normalized spacial score (nSPS) is 10.9. The number of hydrogen-bond acceptors (Lipinski definition) is 5. The van der Waals surface area contributed by atoms with Crippen LogP contribution in [-0.2, 0) is 4.74 Å². The van der Waals surface area contributed by atoms with Crippen LogP contribution in [0, 0.1) is 0 Å². The third-order valence-corrected chi connectivity index (χ3v) is 4.72. The maximum atomic E-state index is 12.7. The van der Waals surface area contributed by atoms with Crippen LogP contribution in [-0.4, -0.2) is 22.5 Å². The summed E-state index contributed by atoms with van der Waals surface area (Å²) < 4.78 is 6.86. The van der Waals surface area contributed by atoms with Crippen molar-refractivity contribution in [1.29, 1.82) is 0 Å². The van der Waals surface area contributed by atoms with Gasteiger partial charge >= 0.3 is 17.3 Å². The summed E-state index contributed by atoms with van der Waals surface area (Å²) in [4.78, 5) is 32.3. The zero-order chi connectivity index (χ0) is 19.0. The number of carbonyl (C=O) groups excluding carboxylic acids is 1. The number of esters is 1. The van der Waals surface area contributed by atoms with Gasteiger partial charge in [-0.25, -0.2) is 9.78 Å². The number of nitrogens with zero attached hydrogens (tertiary/aromatic N) is 2. The van der Waals surface area contributed by atoms with Crippen molar-refractivity contribution in [2.75, 3.05) is 12.4 Å². The van der Waals surface area contributed by atoms with Crippen molar-refractivity contribution in [3.63, 3.8) is 0 Å². The van der Waals surface area contributed by atoms with E-state index in [4.69, 9.17) is 4.74 Å². The van der Waals surface area contributed by atoms with E-state index in [2.05, 4.69) is 31.2 Å². The van der Waals surface area contributed by atoms with Crippen LogP contribution >= 0.6 is 15.9 Å². The lowest BCUT2D eigenvalue weighted by molar-refractivity contribution is -0.336. The molecular weight excluding hydrogens is 412 g/mol. The van der Waals surface area contributed by atoms with Crippen molar-refractivity contribution in [2.45, 2.75) is 0 Å². The number of H-pyrrole nitrogens is 1. The number of para-hydroxylation sites is 2. The Hall–Kier alpha value is -3.26. The number of anilines is 2. The fraction of sp³-hybridized carbons (Fsp3) is 0.0526. The van der Waals surface area contributed by atoms with E-state index in [9.17, 15) is 9.59 Å². The molecule has 0 aliphatic heterocycles. The molecule has 2 aromatic heterocycles. The second-order valence-electron chi connectivity index (χ2n) is 5.77. The van der Waals surface area contributed by atoms with Gasteiger partial charge in [-0.3, -0.25) is 10.1 Å².